The molecule has 2 aliphatic heterocycles. The Bertz CT molecular complexity index is 1700. The number of ether oxygens (including phenoxy) is 5. The van der Waals surface area contributed by atoms with Gasteiger partial charge in [-0.15, -0.1) is 11.8 Å². The lowest BCUT2D eigenvalue weighted by Crippen LogP contribution is -2.59. The molecule has 0 aliphatic carbocycles. The smallest absolute Gasteiger partial charge is 0.410 e. The van der Waals surface area contributed by atoms with Crippen molar-refractivity contribution in [1.29, 1.82) is 0 Å². The van der Waals surface area contributed by atoms with Crippen molar-refractivity contribution < 1.29 is 37.7 Å². The highest BCUT2D eigenvalue weighted by atomic mass is 32.2. The second kappa shape index (κ2) is 22.3. The molecule has 3 aromatic carbocycles. The van der Waals surface area contributed by atoms with Crippen LogP contribution in [-0.4, -0.2) is 96.9 Å². The normalized spacial score (nSPS) is 18.5. The van der Waals surface area contributed by atoms with Gasteiger partial charge in [0.1, 0.15) is 12.4 Å². The maximum Gasteiger partial charge on any atom is 0.410 e. The van der Waals surface area contributed by atoms with Gasteiger partial charge in [0.05, 0.1) is 31.0 Å². The number of hydrogen-bond donors (Lipinski definition) is 0. The Morgan fingerprint density at radius 2 is 1.48 bits per heavy atom. The molecular weight excluding hydrogens is 769 g/mol. The molecule has 10 nitrogen and oxygen atoms in total. The number of anilines is 1. The first-order valence-corrected chi connectivity index (χ1v) is 24.1. The van der Waals surface area contributed by atoms with Gasteiger partial charge in [-0.3, -0.25) is 4.79 Å². The molecular formula is C46H66N2O8SSi. The summed E-state index contributed by atoms with van der Waals surface area (Å²) in [5.41, 5.74) is 4.73. The van der Waals surface area contributed by atoms with Crippen LogP contribution in [0.4, 0.5) is 10.5 Å². The third-order valence-corrected chi connectivity index (χ3v) is 18.8. The Kier molecular flexibility index (Phi) is 17.5. The van der Waals surface area contributed by atoms with Crippen molar-refractivity contribution in [3.8, 4) is 5.75 Å². The summed E-state index contributed by atoms with van der Waals surface area (Å²) in [6.07, 6.45) is 1.71. The largest absolute Gasteiger partial charge is 0.482 e. The summed E-state index contributed by atoms with van der Waals surface area (Å²) in [4.78, 5) is 31.8. The second-order valence-corrected chi connectivity index (χ2v) is 23.0. The van der Waals surface area contributed by atoms with Crippen LogP contribution in [0.15, 0.2) is 77.7 Å². The maximum atomic E-state index is 14.0. The fourth-order valence-electron chi connectivity index (χ4n) is 8.78. The Morgan fingerprint density at radius 3 is 2.16 bits per heavy atom. The maximum absolute atomic E-state index is 14.0. The minimum Gasteiger partial charge on any atom is -0.482 e. The number of unbranched alkanes of at least 4 members (excludes halogenated alkanes) is 1. The highest BCUT2D eigenvalue weighted by molar-refractivity contribution is 7.99. The summed E-state index contributed by atoms with van der Waals surface area (Å²) in [7, 11) is 0.977. The number of rotatable bonds is 21. The Balaban J connectivity index is 1.49. The minimum atomic E-state index is -2.44. The molecule has 1 saturated heterocycles. The van der Waals surface area contributed by atoms with Gasteiger partial charge in [0.15, 0.2) is 6.61 Å². The molecule has 0 saturated carbocycles. The molecule has 2 amide bonds. The first-order chi connectivity index (χ1) is 28.0. The van der Waals surface area contributed by atoms with Gasteiger partial charge in [0.2, 0.25) is 8.32 Å². The topological polar surface area (TPSA) is 96.0 Å². The van der Waals surface area contributed by atoms with Crippen LogP contribution in [0.5, 0.6) is 5.75 Å². The molecule has 58 heavy (non-hydrogen) atoms. The molecule has 0 N–H and O–H groups in total. The SMILES string of the molecule is COCCCCSc1ccc([C@@H]2[C@@H](OCc3ccc4c(c3)N(CCCOC)C(=O)CO4)CN(C(=O)OCc3ccccc3)C[C@H]2O[Si](C(C)C)(C(C)C)C(C)C)cc1. The van der Waals surface area contributed by atoms with Crippen molar-refractivity contribution in [3.05, 3.63) is 89.5 Å². The van der Waals surface area contributed by atoms with Crippen LogP contribution >= 0.6 is 11.8 Å². The Morgan fingerprint density at radius 1 is 0.810 bits per heavy atom. The number of piperidine rings is 1. The molecule has 0 aromatic heterocycles. The van der Waals surface area contributed by atoms with E-state index in [9.17, 15) is 9.59 Å². The molecule has 1 fully saturated rings. The molecule has 2 heterocycles. The van der Waals surface area contributed by atoms with Crippen LogP contribution in [0.3, 0.4) is 0 Å². The average molecular weight is 835 g/mol. The van der Waals surface area contributed by atoms with Gasteiger partial charge in [0.25, 0.3) is 5.91 Å². The number of hydrogen-bond acceptors (Lipinski definition) is 9. The van der Waals surface area contributed by atoms with E-state index in [4.69, 9.17) is 28.1 Å². The molecule has 318 valence electrons. The van der Waals surface area contributed by atoms with Gasteiger partial charge in [-0.25, -0.2) is 4.79 Å². The number of carbonyl (C=O) groups excluding carboxylic acids is 2. The first-order valence-electron chi connectivity index (χ1n) is 21.0. The third kappa shape index (κ3) is 11.7. The predicted molar refractivity (Wildman–Crippen MR) is 234 cm³/mol. The zero-order valence-corrected chi connectivity index (χ0v) is 37.8. The van der Waals surface area contributed by atoms with Crippen molar-refractivity contribution in [2.45, 2.75) is 114 Å². The summed E-state index contributed by atoms with van der Waals surface area (Å²) in [6, 6.07) is 24.5. The van der Waals surface area contributed by atoms with Crippen molar-refractivity contribution in [3.63, 3.8) is 0 Å². The van der Waals surface area contributed by atoms with Crippen LogP contribution in [0, 0.1) is 0 Å². The van der Waals surface area contributed by atoms with Crippen LogP contribution < -0.4 is 9.64 Å². The van der Waals surface area contributed by atoms with Crippen molar-refractivity contribution in [1.82, 2.24) is 4.90 Å². The lowest BCUT2D eigenvalue weighted by atomic mass is 9.84. The zero-order chi connectivity index (χ0) is 41.7. The number of benzene rings is 3. The van der Waals surface area contributed by atoms with Crippen LogP contribution in [0.2, 0.25) is 16.6 Å². The predicted octanol–water partition coefficient (Wildman–Crippen LogP) is 9.85. The molecule has 5 rings (SSSR count). The van der Waals surface area contributed by atoms with Gasteiger partial charge in [-0.1, -0.05) is 90.1 Å². The highest BCUT2D eigenvalue weighted by Gasteiger charge is 2.51. The number of amides is 2. The fourth-order valence-corrected chi connectivity index (χ4v) is 15.3. The van der Waals surface area contributed by atoms with E-state index in [1.807, 2.05) is 60.3 Å². The van der Waals surface area contributed by atoms with Crippen molar-refractivity contribution >= 4 is 37.8 Å². The van der Waals surface area contributed by atoms with Gasteiger partial charge < -0.3 is 37.9 Å². The number of methoxy groups -OCH3 is 2. The summed E-state index contributed by atoms with van der Waals surface area (Å²) < 4.78 is 36.9. The number of nitrogens with zero attached hydrogens (tertiary/aromatic N) is 2. The molecule has 12 heteroatoms. The van der Waals surface area contributed by atoms with E-state index < -0.39 is 14.4 Å². The van der Waals surface area contributed by atoms with Gasteiger partial charge in [-0.05, 0) is 82.6 Å². The summed E-state index contributed by atoms with van der Waals surface area (Å²) >= 11 is 1.86. The minimum absolute atomic E-state index is 0.0101. The summed E-state index contributed by atoms with van der Waals surface area (Å²) in [5.74, 6) is 1.46. The highest BCUT2D eigenvalue weighted by Crippen LogP contribution is 2.46. The summed E-state index contributed by atoms with van der Waals surface area (Å²) in [5, 5.41) is 0. The quantitative estimate of drug-likeness (QED) is 0.0591. The second-order valence-electron chi connectivity index (χ2n) is 16.4. The monoisotopic (exact) mass is 834 g/mol. The van der Waals surface area contributed by atoms with Gasteiger partial charge in [0, 0.05) is 51.3 Å². The van der Waals surface area contributed by atoms with Crippen molar-refractivity contribution in [2.24, 2.45) is 0 Å². The van der Waals surface area contributed by atoms with Crippen molar-refractivity contribution in [2.75, 3.05) is 64.3 Å². The Labute approximate surface area is 352 Å². The number of likely N-dealkylation sites (tertiary alicyclic amines) is 1. The van der Waals surface area contributed by atoms with E-state index in [0.717, 1.165) is 47.6 Å². The molecule has 0 unspecified atom stereocenters. The standard InChI is InChI=1S/C46H66N2O8SSi/c1-33(2)58(34(3)4,35(5)6)56-43-29-47(46(50)55-30-36-15-10-9-11-16-36)28-42(45(43)38-18-20-39(21-19-38)57-26-13-12-24-51-7)53-31-37-17-22-41-40(27-37)48(23-14-25-52-8)44(49)32-54-41/h9-11,15-22,27,33-35,42-43,45H,12-14,23-26,28-32H2,1-8H3/t42-,43+,45+/m0/s1. The molecule has 3 atom stereocenters. The van der Waals surface area contributed by atoms with Crippen LogP contribution in [0.25, 0.3) is 0 Å². The number of carbonyl (C=O) groups is 2. The van der Waals surface area contributed by atoms with E-state index in [0.29, 0.717) is 55.0 Å². The molecule has 2 aliphatic rings. The van der Waals surface area contributed by atoms with E-state index in [1.165, 1.54) is 4.90 Å². The fraction of sp³-hybridized carbons (Fsp3) is 0.565. The van der Waals surface area contributed by atoms with Gasteiger partial charge in [-0.2, -0.15) is 0 Å². The van der Waals surface area contributed by atoms with Crippen LogP contribution in [-0.2, 0) is 41.4 Å². The third-order valence-electron chi connectivity index (χ3n) is 11.6. The van der Waals surface area contributed by atoms with Gasteiger partial charge >= 0.3 is 6.09 Å². The van der Waals surface area contributed by atoms with E-state index in [1.54, 1.807) is 24.0 Å². The lowest BCUT2D eigenvalue weighted by Gasteiger charge is -2.50. The molecule has 0 bridgehead atoms. The summed E-state index contributed by atoms with van der Waals surface area (Å²) in [6.45, 7) is 16.8. The van der Waals surface area contributed by atoms with E-state index >= 15 is 0 Å². The Hall–Kier alpha value is -3.39. The zero-order valence-electron chi connectivity index (χ0n) is 35.9. The number of thioether (sulfide) groups is 1. The van der Waals surface area contributed by atoms with Crippen LogP contribution in [0.1, 0.15) is 83.4 Å². The lowest BCUT2D eigenvalue weighted by molar-refractivity contribution is -0.121. The first kappa shape index (κ1) is 45.7. The molecule has 3 aromatic rings. The molecule has 0 spiro atoms. The average Bonchev–Trinajstić information content (AvgIpc) is 3.22. The van der Waals surface area contributed by atoms with E-state index in [-0.39, 0.29) is 43.8 Å². The molecule has 0 radical (unpaired) electrons. The number of fused-ring (bicyclic) bond motifs is 1. The van der Waals surface area contributed by atoms with E-state index in [2.05, 4.69) is 65.8 Å².